The summed E-state index contributed by atoms with van der Waals surface area (Å²) in [4.78, 5) is 0. The van der Waals surface area contributed by atoms with E-state index in [1.165, 1.54) is 0 Å². The lowest BCUT2D eigenvalue weighted by Crippen LogP contribution is -2.45. The molecule has 0 aromatic carbocycles. The molecule has 0 saturated carbocycles. The van der Waals surface area contributed by atoms with E-state index in [2.05, 4.69) is 5.32 Å². The monoisotopic (exact) mass is 193 g/mol. The van der Waals surface area contributed by atoms with Crippen molar-refractivity contribution in [1.29, 1.82) is 0 Å². The summed E-state index contributed by atoms with van der Waals surface area (Å²) >= 11 is 0. The van der Waals surface area contributed by atoms with Crippen LogP contribution in [0, 0.1) is 0 Å². The van der Waals surface area contributed by atoms with Crippen molar-refractivity contribution >= 4 is 0 Å². The van der Waals surface area contributed by atoms with Crippen LogP contribution in [0.2, 0.25) is 0 Å². The molecule has 1 saturated heterocycles. The number of aliphatic hydroxyl groups excluding tert-OH is 5. The molecule has 5 atom stereocenters. The molecule has 0 amide bonds. The van der Waals surface area contributed by atoms with Gasteiger partial charge in [-0.15, -0.1) is 0 Å². The van der Waals surface area contributed by atoms with Crippen molar-refractivity contribution in [2.24, 2.45) is 0 Å². The first-order valence-corrected chi connectivity index (χ1v) is 4.13. The normalized spacial score (nSPS) is 42.2. The highest BCUT2D eigenvalue weighted by Gasteiger charge is 2.43. The van der Waals surface area contributed by atoms with Crippen molar-refractivity contribution < 1.29 is 25.5 Å². The molecule has 1 fully saturated rings. The molecule has 1 aliphatic heterocycles. The number of nitrogens with one attached hydrogen (secondary N) is 1. The van der Waals surface area contributed by atoms with Crippen LogP contribution in [0.25, 0.3) is 0 Å². The third kappa shape index (κ3) is 1.98. The molecule has 78 valence electrons. The molecule has 0 aliphatic carbocycles. The molecule has 6 heteroatoms. The van der Waals surface area contributed by atoms with Crippen LogP contribution >= 0.6 is 0 Å². The van der Waals surface area contributed by atoms with Crippen molar-refractivity contribution in [1.82, 2.24) is 5.32 Å². The summed E-state index contributed by atoms with van der Waals surface area (Å²) in [6, 6.07) is -1.45. The van der Waals surface area contributed by atoms with Crippen molar-refractivity contribution in [2.75, 3.05) is 13.2 Å². The lowest BCUT2D eigenvalue weighted by molar-refractivity contribution is -0.0150. The average molecular weight is 193 g/mol. The molecule has 1 rings (SSSR count). The molecule has 0 radical (unpaired) electrons. The van der Waals surface area contributed by atoms with Gasteiger partial charge in [-0.1, -0.05) is 0 Å². The van der Waals surface area contributed by atoms with Crippen LogP contribution < -0.4 is 5.32 Å². The molecule has 6 nitrogen and oxygen atoms in total. The van der Waals surface area contributed by atoms with Gasteiger partial charge in [-0.05, 0) is 0 Å². The maximum Gasteiger partial charge on any atom is 0.0994 e. The second kappa shape index (κ2) is 4.32. The Kier molecular flexibility index (Phi) is 3.60. The largest absolute Gasteiger partial charge is 0.395 e. The first kappa shape index (κ1) is 10.8. The van der Waals surface area contributed by atoms with Gasteiger partial charge in [-0.2, -0.15) is 0 Å². The maximum absolute atomic E-state index is 9.37. The van der Waals surface area contributed by atoms with E-state index in [0.29, 0.717) is 0 Å². The minimum atomic E-state index is -1.17. The lowest BCUT2D eigenvalue weighted by Gasteiger charge is -2.19. The Balaban J connectivity index is 2.60. The van der Waals surface area contributed by atoms with Crippen molar-refractivity contribution in [3.05, 3.63) is 0 Å². The zero-order valence-electron chi connectivity index (χ0n) is 7.04. The smallest absolute Gasteiger partial charge is 0.0994 e. The summed E-state index contributed by atoms with van der Waals surface area (Å²) in [7, 11) is 0. The highest BCUT2D eigenvalue weighted by atomic mass is 16.3. The van der Waals surface area contributed by atoms with Gasteiger partial charge in [0.25, 0.3) is 0 Å². The second-order valence-electron chi connectivity index (χ2n) is 3.21. The van der Waals surface area contributed by atoms with Gasteiger partial charge < -0.3 is 30.8 Å². The van der Waals surface area contributed by atoms with E-state index in [4.69, 9.17) is 10.2 Å². The van der Waals surface area contributed by atoms with E-state index >= 15 is 0 Å². The van der Waals surface area contributed by atoms with Gasteiger partial charge in [0, 0.05) is 0 Å². The van der Waals surface area contributed by atoms with Crippen molar-refractivity contribution in [3.63, 3.8) is 0 Å². The van der Waals surface area contributed by atoms with E-state index in [-0.39, 0.29) is 6.61 Å². The minimum absolute atomic E-state index is 0.327. The van der Waals surface area contributed by atoms with Crippen LogP contribution in [0.3, 0.4) is 0 Å². The summed E-state index contributed by atoms with van der Waals surface area (Å²) < 4.78 is 0. The predicted molar refractivity (Wildman–Crippen MR) is 42.9 cm³/mol. The summed E-state index contributed by atoms with van der Waals surface area (Å²) in [5, 5.41) is 47.9. The number of hydrogen-bond acceptors (Lipinski definition) is 6. The van der Waals surface area contributed by atoms with Gasteiger partial charge in [0.15, 0.2) is 0 Å². The standard InChI is InChI=1S/C7H15NO5/c9-1-3-6(12)7(13)5(8-3)4(11)2-10/h3-13H,1-2H2/t3-,4?,5+,6-,7-/m1/s1. The highest BCUT2D eigenvalue weighted by molar-refractivity contribution is 5.00. The Morgan fingerprint density at radius 2 is 1.77 bits per heavy atom. The van der Waals surface area contributed by atoms with Crippen molar-refractivity contribution in [3.8, 4) is 0 Å². The summed E-state index contributed by atoms with van der Waals surface area (Å²) in [6.45, 7) is -0.827. The number of hydrogen-bond donors (Lipinski definition) is 6. The van der Waals surface area contributed by atoms with Gasteiger partial charge in [0.2, 0.25) is 0 Å². The van der Waals surface area contributed by atoms with E-state index < -0.39 is 37.0 Å². The van der Waals surface area contributed by atoms with Gasteiger partial charge in [-0.3, -0.25) is 0 Å². The van der Waals surface area contributed by atoms with Gasteiger partial charge in [0.1, 0.15) is 0 Å². The Labute approximate surface area is 75.4 Å². The molecule has 1 heterocycles. The minimum Gasteiger partial charge on any atom is -0.395 e. The van der Waals surface area contributed by atoms with Gasteiger partial charge in [-0.25, -0.2) is 0 Å². The lowest BCUT2D eigenvalue weighted by atomic mass is 10.0. The van der Waals surface area contributed by atoms with E-state index in [1.807, 2.05) is 0 Å². The third-order valence-corrected chi connectivity index (χ3v) is 2.33. The van der Waals surface area contributed by atoms with E-state index in [0.717, 1.165) is 0 Å². The quantitative estimate of drug-likeness (QED) is 0.276. The number of rotatable bonds is 3. The fourth-order valence-corrected chi connectivity index (χ4v) is 1.51. The molecule has 0 aromatic rings. The van der Waals surface area contributed by atoms with E-state index in [9.17, 15) is 15.3 Å². The van der Waals surface area contributed by atoms with Crippen LogP contribution in [0.1, 0.15) is 0 Å². The van der Waals surface area contributed by atoms with Crippen LogP contribution in [0.15, 0.2) is 0 Å². The van der Waals surface area contributed by atoms with Crippen LogP contribution in [0.5, 0.6) is 0 Å². The predicted octanol–water partition coefficient (Wildman–Crippen LogP) is -3.61. The van der Waals surface area contributed by atoms with Crippen LogP contribution in [-0.4, -0.2) is 69.1 Å². The Bertz CT molecular complexity index is 167. The molecule has 6 N–H and O–H groups in total. The topological polar surface area (TPSA) is 113 Å². The zero-order valence-corrected chi connectivity index (χ0v) is 7.04. The van der Waals surface area contributed by atoms with Crippen LogP contribution in [0.4, 0.5) is 0 Å². The summed E-state index contributed by atoms with van der Waals surface area (Å²) in [6.07, 6.45) is -3.42. The fourth-order valence-electron chi connectivity index (χ4n) is 1.51. The SMILES string of the molecule is OCC(O)[C@@H]1N[C@H](CO)[C@@H](O)[C@@H]1O. The molecular weight excluding hydrogens is 178 g/mol. The molecule has 0 bridgehead atoms. The fraction of sp³-hybridized carbons (Fsp3) is 1.00. The second-order valence-corrected chi connectivity index (χ2v) is 3.21. The van der Waals surface area contributed by atoms with Gasteiger partial charge >= 0.3 is 0 Å². The third-order valence-electron chi connectivity index (χ3n) is 2.33. The molecule has 13 heavy (non-hydrogen) atoms. The number of aliphatic hydroxyl groups is 5. The van der Waals surface area contributed by atoms with Gasteiger partial charge in [0.05, 0.1) is 43.6 Å². The molecule has 0 spiro atoms. The highest BCUT2D eigenvalue weighted by Crippen LogP contribution is 2.16. The molecule has 1 unspecified atom stereocenters. The zero-order chi connectivity index (χ0) is 10.0. The average Bonchev–Trinajstić information content (AvgIpc) is 2.43. The summed E-state index contributed by atoms with van der Waals surface area (Å²) in [5.41, 5.74) is 0. The maximum atomic E-state index is 9.37. The van der Waals surface area contributed by atoms with E-state index in [1.54, 1.807) is 0 Å². The Morgan fingerprint density at radius 1 is 1.15 bits per heavy atom. The first-order valence-electron chi connectivity index (χ1n) is 4.13. The van der Waals surface area contributed by atoms with Crippen molar-refractivity contribution in [2.45, 2.75) is 30.4 Å². The Hall–Kier alpha value is -0.240. The molecule has 1 aliphatic rings. The summed E-state index contributed by atoms with van der Waals surface area (Å²) in [5.74, 6) is 0. The molecular formula is C7H15NO5. The van der Waals surface area contributed by atoms with Crippen LogP contribution in [-0.2, 0) is 0 Å². The molecule has 0 aromatic heterocycles. The first-order chi connectivity index (χ1) is 6.11. The Morgan fingerprint density at radius 3 is 2.15 bits per heavy atom.